The number of anilines is 3. The molecule has 2 bridgehead atoms. The standard InChI is InChI=1S/C27H40N8O3/c1-18-12-24(32-31-18)28-23-15-25(38-22-8-11-37-17-22)30-27(29-23)33(2)21-13-19-6-5-7-20(14-21)35(19)16-26(36)34-9-3-4-10-34/h12,15,19-22H,3-11,13-14,16-17H2,1-2H3,(H2,28,29,30,31,32)/t19-,20+,21-,22-/m0/s1. The van der Waals surface area contributed by atoms with Gasteiger partial charge in [-0.15, -0.1) is 0 Å². The van der Waals surface area contributed by atoms with Crippen LogP contribution in [0.3, 0.4) is 0 Å². The lowest BCUT2D eigenvalue weighted by atomic mass is 9.81. The third-order valence-electron chi connectivity index (χ3n) is 8.57. The van der Waals surface area contributed by atoms with E-state index in [4.69, 9.17) is 19.4 Å². The van der Waals surface area contributed by atoms with E-state index in [1.165, 1.54) is 6.42 Å². The molecule has 11 nitrogen and oxygen atoms in total. The number of aromatic amines is 1. The lowest BCUT2D eigenvalue weighted by Gasteiger charge is -2.50. The highest BCUT2D eigenvalue weighted by atomic mass is 16.5. The van der Waals surface area contributed by atoms with E-state index in [1.54, 1.807) is 0 Å². The molecule has 0 radical (unpaired) electrons. The van der Waals surface area contributed by atoms with Gasteiger partial charge in [0.1, 0.15) is 11.9 Å². The van der Waals surface area contributed by atoms with Crippen molar-refractivity contribution in [3.63, 3.8) is 0 Å². The van der Waals surface area contributed by atoms with Crippen molar-refractivity contribution in [2.24, 2.45) is 0 Å². The Hall–Kier alpha value is -2.92. The zero-order valence-corrected chi connectivity index (χ0v) is 22.6. The lowest BCUT2D eigenvalue weighted by Crippen LogP contribution is -2.58. The number of hydrogen-bond donors (Lipinski definition) is 2. The maximum absolute atomic E-state index is 13.0. The van der Waals surface area contributed by atoms with Crippen molar-refractivity contribution in [2.75, 3.05) is 50.1 Å². The van der Waals surface area contributed by atoms with Gasteiger partial charge in [0.05, 0.1) is 19.8 Å². The Morgan fingerprint density at radius 2 is 1.92 bits per heavy atom. The Balaban J connectivity index is 1.19. The number of hydrogen-bond acceptors (Lipinski definition) is 9. The summed E-state index contributed by atoms with van der Waals surface area (Å²) in [6.45, 7) is 5.66. The largest absolute Gasteiger partial charge is 0.472 e. The fraction of sp³-hybridized carbons (Fsp3) is 0.704. The number of carbonyl (C=O) groups is 1. The number of nitrogens with one attached hydrogen (secondary N) is 2. The molecule has 4 atom stereocenters. The van der Waals surface area contributed by atoms with Crippen LogP contribution < -0.4 is 15.0 Å². The first-order chi connectivity index (χ1) is 18.5. The molecule has 4 aliphatic heterocycles. The molecule has 6 heterocycles. The highest BCUT2D eigenvalue weighted by Gasteiger charge is 2.41. The molecule has 11 heteroatoms. The Morgan fingerprint density at radius 1 is 1.13 bits per heavy atom. The minimum Gasteiger partial charge on any atom is -0.472 e. The van der Waals surface area contributed by atoms with Crippen molar-refractivity contribution in [2.45, 2.75) is 82.5 Å². The zero-order valence-electron chi connectivity index (χ0n) is 22.6. The van der Waals surface area contributed by atoms with Crippen LogP contribution in [0.2, 0.25) is 0 Å². The van der Waals surface area contributed by atoms with Crippen molar-refractivity contribution >= 4 is 23.5 Å². The third-order valence-corrected chi connectivity index (χ3v) is 8.57. The Morgan fingerprint density at radius 3 is 2.61 bits per heavy atom. The molecule has 4 fully saturated rings. The molecule has 0 spiro atoms. The van der Waals surface area contributed by atoms with Gasteiger partial charge in [-0.2, -0.15) is 15.1 Å². The summed E-state index contributed by atoms with van der Waals surface area (Å²) in [6.07, 6.45) is 8.67. The van der Waals surface area contributed by atoms with Crippen molar-refractivity contribution < 1.29 is 14.3 Å². The number of aromatic nitrogens is 4. The number of rotatable bonds is 8. The number of carbonyl (C=O) groups excluding carboxylic acids is 1. The van der Waals surface area contributed by atoms with E-state index in [9.17, 15) is 4.79 Å². The Kier molecular flexibility index (Phi) is 7.38. The van der Waals surface area contributed by atoms with Gasteiger partial charge in [0.2, 0.25) is 17.7 Å². The maximum Gasteiger partial charge on any atom is 0.236 e. The minimum absolute atomic E-state index is 0.000672. The van der Waals surface area contributed by atoms with Crippen LogP contribution in [0.15, 0.2) is 12.1 Å². The van der Waals surface area contributed by atoms with Gasteiger partial charge in [-0.1, -0.05) is 6.42 Å². The molecule has 4 saturated heterocycles. The molecule has 1 amide bonds. The predicted octanol–water partition coefficient (Wildman–Crippen LogP) is 2.86. The van der Waals surface area contributed by atoms with Gasteiger partial charge in [0, 0.05) is 62.5 Å². The average Bonchev–Trinajstić information content (AvgIpc) is 3.67. The fourth-order valence-electron chi connectivity index (χ4n) is 6.49. The van der Waals surface area contributed by atoms with Crippen molar-refractivity contribution in [1.29, 1.82) is 0 Å². The third kappa shape index (κ3) is 5.58. The molecule has 4 aliphatic rings. The van der Waals surface area contributed by atoms with Gasteiger partial charge in [-0.25, -0.2) is 0 Å². The van der Waals surface area contributed by atoms with Crippen LogP contribution in [0.1, 0.15) is 57.1 Å². The van der Waals surface area contributed by atoms with Crippen LogP contribution in [-0.2, 0) is 9.53 Å². The second kappa shape index (κ2) is 11.1. The number of amides is 1. The second-order valence-corrected chi connectivity index (χ2v) is 11.3. The van der Waals surface area contributed by atoms with Crippen molar-refractivity contribution in [1.82, 2.24) is 30.0 Å². The van der Waals surface area contributed by atoms with E-state index in [1.807, 2.05) is 19.1 Å². The molecule has 0 aliphatic carbocycles. The number of ether oxygens (including phenoxy) is 2. The van der Waals surface area contributed by atoms with Crippen LogP contribution in [-0.4, -0.2) is 100.0 Å². The molecular formula is C27H40N8O3. The smallest absolute Gasteiger partial charge is 0.236 e. The summed E-state index contributed by atoms with van der Waals surface area (Å²) < 4.78 is 11.7. The quantitative estimate of drug-likeness (QED) is 0.538. The summed E-state index contributed by atoms with van der Waals surface area (Å²) >= 11 is 0. The summed E-state index contributed by atoms with van der Waals surface area (Å²) in [5.74, 6) is 2.84. The summed E-state index contributed by atoms with van der Waals surface area (Å²) in [7, 11) is 2.09. The summed E-state index contributed by atoms with van der Waals surface area (Å²) in [5.41, 5.74) is 0.972. The van der Waals surface area contributed by atoms with E-state index < -0.39 is 0 Å². The van der Waals surface area contributed by atoms with Gasteiger partial charge < -0.3 is 24.6 Å². The minimum atomic E-state index is -0.000672. The van der Waals surface area contributed by atoms with Crippen LogP contribution >= 0.6 is 0 Å². The summed E-state index contributed by atoms with van der Waals surface area (Å²) in [6, 6.07) is 4.91. The van der Waals surface area contributed by atoms with E-state index in [-0.39, 0.29) is 6.10 Å². The van der Waals surface area contributed by atoms with Crippen molar-refractivity contribution in [3.05, 3.63) is 17.8 Å². The Bertz CT molecular complexity index is 1100. The molecule has 2 N–H and O–H groups in total. The molecule has 2 aromatic heterocycles. The Labute approximate surface area is 224 Å². The van der Waals surface area contributed by atoms with Crippen LogP contribution in [0.25, 0.3) is 0 Å². The van der Waals surface area contributed by atoms with E-state index in [0.717, 1.165) is 63.7 Å². The van der Waals surface area contributed by atoms with Gasteiger partial charge >= 0.3 is 0 Å². The van der Waals surface area contributed by atoms with Crippen LogP contribution in [0.5, 0.6) is 5.88 Å². The molecule has 0 aromatic carbocycles. The SMILES string of the molecule is Cc1cc(Nc2cc(O[C@H]3CCOC3)nc(N(C)[C@@H]3C[C@H]4CCC[C@@H](C3)N4CC(=O)N3CCCC3)n2)n[nH]1. The van der Waals surface area contributed by atoms with E-state index >= 15 is 0 Å². The monoisotopic (exact) mass is 524 g/mol. The number of piperidine rings is 2. The number of aryl methyl sites for hydroxylation is 1. The molecule has 38 heavy (non-hydrogen) atoms. The number of likely N-dealkylation sites (tertiary alicyclic amines) is 1. The van der Waals surface area contributed by atoms with Crippen LogP contribution in [0, 0.1) is 6.92 Å². The lowest BCUT2D eigenvalue weighted by molar-refractivity contribution is -0.134. The fourth-order valence-corrected chi connectivity index (χ4v) is 6.49. The molecule has 0 unspecified atom stereocenters. The highest BCUT2D eigenvalue weighted by Crippen LogP contribution is 2.37. The first kappa shape index (κ1) is 25.4. The highest BCUT2D eigenvalue weighted by molar-refractivity contribution is 5.78. The van der Waals surface area contributed by atoms with Gasteiger partial charge in [0.25, 0.3) is 0 Å². The first-order valence-electron chi connectivity index (χ1n) is 14.2. The normalized spacial score (nSPS) is 27.5. The molecule has 2 aromatic rings. The van der Waals surface area contributed by atoms with Gasteiger partial charge in [-0.3, -0.25) is 14.8 Å². The molecule has 0 saturated carbocycles. The summed E-state index contributed by atoms with van der Waals surface area (Å²) in [4.78, 5) is 29.4. The molecule has 206 valence electrons. The zero-order chi connectivity index (χ0) is 26.1. The van der Waals surface area contributed by atoms with Crippen molar-refractivity contribution in [3.8, 4) is 5.88 Å². The predicted molar refractivity (Wildman–Crippen MR) is 144 cm³/mol. The van der Waals surface area contributed by atoms with Crippen LogP contribution in [0.4, 0.5) is 17.6 Å². The average molecular weight is 525 g/mol. The number of nitrogens with zero attached hydrogens (tertiary/aromatic N) is 6. The summed E-state index contributed by atoms with van der Waals surface area (Å²) in [5, 5.41) is 10.6. The van der Waals surface area contributed by atoms with Gasteiger partial charge in [0.15, 0.2) is 5.82 Å². The first-order valence-corrected chi connectivity index (χ1v) is 14.2. The molecule has 6 rings (SSSR count). The topological polar surface area (TPSA) is 112 Å². The number of H-pyrrole nitrogens is 1. The second-order valence-electron chi connectivity index (χ2n) is 11.3. The molecular weight excluding hydrogens is 484 g/mol. The van der Waals surface area contributed by atoms with E-state index in [0.29, 0.717) is 67.3 Å². The maximum atomic E-state index is 13.0. The number of fused-ring (bicyclic) bond motifs is 2. The van der Waals surface area contributed by atoms with E-state index in [2.05, 4.69) is 37.3 Å². The van der Waals surface area contributed by atoms with Gasteiger partial charge in [-0.05, 0) is 45.4 Å².